The van der Waals surface area contributed by atoms with Gasteiger partial charge in [-0.05, 0) is 85.0 Å². The molecule has 1 amide bonds. The van der Waals surface area contributed by atoms with Crippen molar-refractivity contribution >= 4 is 29.1 Å². The summed E-state index contributed by atoms with van der Waals surface area (Å²) in [5.41, 5.74) is 4.16. The molecule has 2 atom stereocenters. The molecule has 4 heterocycles. The molecule has 0 radical (unpaired) electrons. The lowest BCUT2D eigenvalue weighted by molar-refractivity contribution is -0.0980. The van der Waals surface area contributed by atoms with Crippen LogP contribution in [-0.2, 0) is 24.1 Å². The van der Waals surface area contributed by atoms with Gasteiger partial charge in [0.15, 0.2) is 6.23 Å². The van der Waals surface area contributed by atoms with Crippen LogP contribution in [-0.4, -0.2) is 58.8 Å². The second-order valence-corrected chi connectivity index (χ2v) is 13.0. The van der Waals surface area contributed by atoms with Gasteiger partial charge in [-0.15, -0.1) is 0 Å². The van der Waals surface area contributed by atoms with Crippen molar-refractivity contribution in [1.82, 2.24) is 19.6 Å². The first-order valence-electron chi connectivity index (χ1n) is 13.9. The molecule has 204 valence electrons. The van der Waals surface area contributed by atoms with Crippen molar-refractivity contribution in [3.05, 3.63) is 61.0 Å². The zero-order chi connectivity index (χ0) is 26.6. The Morgan fingerprint density at radius 3 is 2.68 bits per heavy atom. The summed E-state index contributed by atoms with van der Waals surface area (Å²) in [5.74, 6) is 1.09. The van der Waals surface area contributed by atoms with Gasteiger partial charge in [-0.25, -0.2) is 0 Å². The summed E-state index contributed by atoms with van der Waals surface area (Å²) >= 11 is 12.8. The van der Waals surface area contributed by atoms with Crippen LogP contribution < -0.4 is 5.56 Å². The Bertz CT molecular complexity index is 1290. The van der Waals surface area contributed by atoms with E-state index < -0.39 is 0 Å². The monoisotopic (exact) mass is 558 g/mol. The van der Waals surface area contributed by atoms with E-state index in [1.807, 2.05) is 13.1 Å². The van der Waals surface area contributed by atoms with Crippen LogP contribution in [0.2, 0.25) is 10.0 Å². The van der Waals surface area contributed by atoms with Gasteiger partial charge in [0.1, 0.15) is 5.02 Å². The lowest BCUT2D eigenvalue weighted by Crippen LogP contribution is -2.63. The Morgan fingerprint density at radius 2 is 1.95 bits per heavy atom. The van der Waals surface area contributed by atoms with Crippen LogP contribution >= 0.6 is 23.2 Å². The van der Waals surface area contributed by atoms with Crippen molar-refractivity contribution in [3.8, 4) is 0 Å². The molecule has 1 saturated carbocycles. The molecule has 0 bridgehead atoms. The number of benzene rings is 1. The summed E-state index contributed by atoms with van der Waals surface area (Å²) < 4.78 is 7.13. The van der Waals surface area contributed by atoms with Gasteiger partial charge in [-0.1, -0.05) is 36.2 Å². The van der Waals surface area contributed by atoms with Gasteiger partial charge in [0.2, 0.25) is 0 Å². The Hall–Kier alpha value is -1.93. The van der Waals surface area contributed by atoms with Crippen LogP contribution in [0, 0.1) is 17.3 Å². The number of amides is 1. The van der Waals surface area contributed by atoms with E-state index in [-0.39, 0.29) is 22.7 Å². The maximum atomic E-state index is 12.8. The van der Waals surface area contributed by atoms with Crippen molar-refractivity contribution in [2.75, 3.05) is 33.3 Å². The Labute approximate surface area is 234 Å². The fourth-order valence-electron chi connectivity index (χ4n) is 7.30. The Balaban J connectivity index is 0.989. The normalized spacial score (nSPS) is 23.8. The highest BCUT2D eigenvalue weighted by Crippen LogP contribution is 2.53. The molecule has 7 nitrogen and oxygen atoms in total. The number of carbonyl (C=O) groups excluding carboxylic acids is 1. The predicted octanol–water partition coefficient (Wildman–Crippen LogP) is 4.97. The van der Waals surface area contributed by atoms with Crippen LogP contribution in [0.3, 0.4) is 0 Å². The summed E-state index contributed by atoms with van der Waals surface area (Å²) in [4.78, 5) is 29.6. The maximum Gasteiger partial charge on any atom is 0.288 e. The van der Waals surface area contributed by atoms with E-state index >= 15 is 0 Å². The van der Waals surface area contributed by atoms with Crippen LogP contribution in [0.5, 0.6) is 0 Å². The van der Waals surface area contributed by atoms with Crippen molar-refractivity contribution < 1.29 is 9.53 Å². The van der Waals surface area contributed by atoms with Crippen LogP contribution in [0.1, 0.15) is 72.3 Å². The molecule has 3 fully saturated rings. The number of ether oxygens (including phenoxy) is 1. The minimum absolute atomic E-state index is 0.0390. The van der Waals surface area contributed by atoms with Gasteiger partial charge in [0, 0.05) is 39.8 Å². The molecular formula is C29H36Cl2N4O3. The highest BCUT2D eigenvalue weighted by Gasteiger charge is 2.52. The molecule has 1 aromatic heterocycles. The lowest BCUT2D eigenvalue weighted by Gasteiger charge is -2.60. The molecule has 6 rings (SSSR count). The second-order valence-electron chi connectivity index (χ2n) is 12.2. The van der Waals surface area contributed by atoms with Gasteiger partial charge < -0.3 is 14.5 Å². The van der Waals surface area contributed by atoms with Gasteiger partial charge in [-0.3, -0.25) is 9.59 Å². The number of aromatic nitrogens is 2. The van der Waals surface area contributed by atoms with Gasteiger partial charge >= 0.3 is 0 Å². The summed E-state index contributed by atoms with van der Waals surface area (Å²) in [6.07, 6.45) is 8.59. The smallest absolute Gasteiger partial charge is 0.288 e. The molecule has 1 aromatic carbocycles. The zero-order valence-corrected chi connectivity index (χ0v) is 23.7. The molecule has 2 unspecified atom stereocenters. The maximum absolute atomic E-state index is 12.8. The fraction of sp³-hybridized carbons (Fsp3) is 0.621. The van der Waals surface area contributed by atoms with Crippen LogP contribution in [0.15, 0.2) is 23.1 Å². The molecule has 1 spiro atoms. The predicted molar refractivity (Wildman–Crippen MR) is 148 cm³/mol. The third kappa shape index (κ3) is 4.80. The third-order valence-electron chi connectivity index (χ3n) is 8.97. The number of nitrogens with zero attached hydrogens (tertiary/aromatic N) is 4. The highest BCUT2D eigenvalue weighted by atomic mass is 35.5. The average Bonchev–Trinajstić information content (AvgIpc) is 3.16. The first-order chi connectivity index (χ1) is 18.2. The summed E-state index contributed by atoms with van der Waals surface area (Å²) in [6, 6.07) is 4.01. The minimum atomic E-state index is -0.298. The molecular weight excluding hydrogens is 523 g/mol. The molecule has 2 saturated heterocycles. The van der Waals surface area contributed by atoms with E-state index in [0.29, 0.717) is 41.0 Å². The van der Waals surface area contributed by atoms with E-state index in [1.165, 1.54) is 23.1 Å². The molecule has 9 heteroatoms. The first kappa shape index (κ1) is 26.3. The van der Waals surface area contributed by atoms with Crippen molar-refractivity contribution in [1.29, 1.82) is 0 Å². The highest BCUT2D eigenvalue weighted by molar-refractivity contribution is 6.34. The molecule has 38 heavy (non-hydrogen) atoms. The molecule has 1 aliphatic carbocycles. The zero-order valence-electron chi connectivity index (χ0n) is 22.2. The number of fused-ring (bicyclic) bond motifs is 1. The summed E-state index contributed by atoms with van der Waals surface area (Å²) in [6.45, 7) is 6.82. The van der Waals surface area contributed by atoms with Crippen molar-refractivity contribution in [2.24, 2.45) is 17.3 Å². The van der Waals surface area contributed by atoms with Crippen molar-refractivity contribution in [3.63, 3.8) is 0 Å². The number of halogens is 2. The molecule has 3 aliphatic heterocycles. The standard InChI is InChI=1S/C29H36Cl2N4O3/c1-18(9-21-13-32-35(28(37)26(21)31)24-5-3-4-8-38-24)14-34-16-29(17-34)11-19(12-29)10-20-6-7-23(30)25-22(20)15-33(2)27(25)36/h6-7,13,18-19,24H,3-5,8-12,14-17H2,1-2H3. The van der Waals surface area contributed by atoms with Gasteiger partial charge in [0.25, 0.3) is 11.5 Å². The van der Waals surface area contributed by atoms with E-state index in [1.54, 1.807) is 11.1 Å². The quantitative estimate of drug-likeness (QED) is 0.480. The minimum Gasteiger partial charge on any atom is -0.356 e. The van der Waals surface area contributed by atoms with E-state index in [2.05, 4.69) is 23.0 Å². The van der Waals surface area contributed by atoms with E-state index in [9.17, 15) is 9.59 Å². The first-order valence-corrected chi connectivity index (χ1v) is 14.6. The van der Waals surface area contributed by atoms with Crippen LogP contribution in [0.4, 0.5) is 0 Å². The van der Waals surface area contributed by atoms with Crippen LogP contribution in [0.25, 0.3) is 0 Å². The lowest BCUT2D eigenvalue weighted by atomic mass is 9.56. The van der Waals surface area contributed by atoms with E-state index in [4.69, 9.17) is 27.9 Å². The second kappa shape index (κ2) is 10.2. The average molecular weight is 560 g/mol. The topological polar surface area (TPSA) is 67.7 Å². The van der Waals surface area contributed by atoms with E-state index in [0.717, 1.165) is 62.9 Å². The Morgan fingerprint density at radius 1 is 1.16 bits per heavy atom. The Kier molecular flexibility index (Phi) is 7.08. The number of hydrogen-bond donors (Lipinski definition) is 0. The fourth-order valence-corrected chi connectivity index (χ4v) is 7.77. The summed E-state index contributed by atoms with van der Waals surface area (Å²) in [7, 11) is 1.84. The number of rotatable bonds is 7. The number of likely N-dealkylation sites (tertiary alicyclic amines) is 1. The largest absolute Gasteiger partial charge is 0.356 e. The number of carbonyl (C=O) groups is 1. The SMILES string of the molecule is CC(Cc1cnn(C2CCCCO2)c(=O)c1Cl)CN1CC2(CC(Cc3ccc(Cl)c4c3CN(C)C4=O)C2)C1. The van der Waals surface area contributed by atoms with Gasteiger partial charge in [0.05, 0.1) is 16.8 Å². The third-order valence-corrected chi connectivity index (χ3v) is 9.69. The van der Waals surface area contributed by atoms with Crippen molar-refractivity contribution in [2.45, 2.75) is 64.6 Å². The summed E-state index contributed by atoms with van der Waals surface area (Å²) in [5, 5.41) is 5.26. The van der Waals surface area contributed by atoms with Gasteiger partial charge in [-0.2, -0.15) is 9.78 Å². The molecule has 2 aromatic rings. The molecule has 0 N–H and O–H groups in total. The molecule has 4 aliphatic rings. The number of hydrogen-bond acceptors (Lipinski definition) is 5.